The fourth-order valence-electron chi connectivity index (χ4n) is 2.33. The highest BCUT2D eigenvalue weighted by atomic mass is 35.5. The van der Waals surface area contributed by atoms with Gasteiger partial charge in [-0.3, -0.25) is 9.69 Å². The third kappa shape index (κ3) is 4.49. The van der Waals surface area contributed by atoms with Crippen LogP contribution in [0.4, 0.5) is 5.82 Å². The Morgan fingerprint density at radius 1 is 1.68 bits per heavy atom. The SMILES string of the molecule is Cc1cc(NC(=O)CCN2CCCC2CN)no1.Cl. The zero-order valence-corrected chi connectivity index (χ0v) is 11.9. The first-order valence-corrected chi connectivity index (χ1v) is 6.36. The van der Waals surface area contributed by atoms with Gasteiger partial charge in [0.05, 0.1) is 0 Å². The highest BCUT2D eigenvalue weighted by Gasteiger charge is 2.23. The van der Waals surface area contributed by atoms with Gasteiger partial charge in [-0.2, -0.15) is 0 Å². The van der Waals surface area contributed by atoms with Gasteiger partial charge >= 0.3 is 0 Å². The molecule has 108 valence electrons. The van der Waals surface area contributed by atoms with Gasteiger partial charge in [-0.15, -0.1) is 12.4 Å². The Balaban J connectivity index is 0.00000180. The summed E-state index contributed by atoms with van der Waals surface area (Å²) < 4.78 is 4.89. The van der Waals surface area contributed by atoms with Crippen molar-refractivity contribution in [3.63, 3.8) is 0 Å². The number of amides is 1. The molecule has 7 heteroatoms. The maximum absolute atomic E-state index is 11.7. The fraction of sp³-hybridized carbons (Fsp3) is 0.667. The highest BCUT2D eigenvalue weighted by molar-refractivity contribution is 5.89. The number of halogens is 1. The summed E-state index contributed by atoms with van der Waals surface area (Å²) in [7, 11) is 0. The molecule has 19 heavy (non-hydrogen) atoms. The van der Waals surface area contributed by atoms with Crippen molar-refractivity contribution < 1.29 is 9.32 Å². The number of hydrogen-bond donors (Lipinski definition) is 2. The molecule has 1 aliphatic rings. The Morgan fingerprint density at radius 3 is 3.11 bits per heavy atom. The number of hydrogen-bond acceptors (Lipinski definition) is 5. The zero-order valence-electron chi connectivity index (χ0n) is 11.1. The Morgan fingerprint density at radius 2 is 2.47 bits per heavy atom. The van der Waals surface area contributed by atoms with Gasteiger partial charge in [-0.1, -0.05) is 5.16 Å². The monoisotopic (exact) mass is 288 g/mol. The lowest BCUT2D eigenvalue weighted by atomic mass is 10.2. The summed E-state index contributed by atoms with van der Waals surface area (Å²) in [6.07, 6.45) is 2.77. The molecule has 1 saturated heterocycles. The first-order valence-electron chi connectivity index (χ1n) is 6.36. The molecule has 0 aromatic carbocycles. The van der Waals surface area contributed by atoms with Crippen molar-refractivity contribution in [1.82, 2.24) is 10.1 Å². The average Bonchev–Trinajstić information content (AvgIpc) is 2.95. The molecule has 0 radical (unpaired) electrons. The van der Waals surface area contributed by atoms with E-state index in [4.69, 9.17) is 10.3 Å². The van der Waals surface area contributed by atoms with Crippen LogP contribution in [-0.4, -0.2) is 41.6 Å². The normalized spacial score (nSPS) is 19.2. The second kappa shape index (κ2) is 7.47. The lowest BCUT2D eigenvalue weighted by Crippen LogP contribution is -2.37. The number of nitrogens with two attached hydrogens (primary N) is 1. The lowest BCUT2D eigenvalue weighted by molar-refractivity contribution is -0.116. The van der Waals surface area contributed by atoms with Gasteiger partial charge < -0.3 is 15.6 Å². The summed E-state index contributed by atoms with van der Waals surface area (Å²) in [5.41, 5.74) is 5.69. The molecule has 1 amide bonds. The second-order valence-corrected chi connectivity index (χ2v) is 4.69. The molecule has 0 aliphatic carbocycles. The smallest absolute Gasteiger partial charge is 0.226 e. The van der Waals surface area contributed by atoms with Crippen molar-refractivity contribution >= 4 is 24.1 Å². The van der Waals surface area contributed by atoms with Crippen molar-refractivity contribution in [3.05, 3.63) is 11.8 Å². The molecular weight excluding hydrogens is 268 g/mol. The minimum absolute atomic E-state index is 0. The van der Waals surface area contributed by atoms with Gasteiger partial charge in [0.15, 0.2) is 5.82 Å². The summed E-state index contributed by atoms with van der Waals surface area (Å²) in [4.78, 5) is 14.0. The fourth-order valence-corrected chi connectivity index (χ4v) is 2.33. The third-order valence-corrected chi connectivity index (χ3v) is 3.29. The van der Waals surface area contributed by atoms with E-state index in [-0.39, 0.29) is 18.3 Å². The number of nitrogens with zero attached hydrogens (tertiary/aromatic N) is 2. The van der Waals surface area contributed by atoms with Crippen LogP contribution in [0, 0.1) is 6.92 Å². The van der Waals surface area contributed by atoms with Gasteiger partial charge in [0.1, 0.15) is 5.76 Å². The number of carbonyl (C=O) groups excluding carboxylic acids is 1. The molecule has 1 fully saturated rings. The molecule has 1 aromatic rings. The van der Waals surface area contributed by atoms with E-state index in [0.29, 0.717) is 30.6 Å². The number of anilines is 1. The van der Waals surface area contributed by atoms with Gasteiger partial charge in [-0.05, 0) is 26.3 Å². The van der Waals surface area contributed by atoms with E-state index in [1.165, 1.54) is 6.42 Å². The Hall–Kier alpha value is -1.11. The van der Waals surface area contributed by atoms with Crippen molar-refractivity contribution in [2.24, 2.45) is 5.73 Å². The highest BCUT2D eigenvalue weighted by Crippen LogP contribution is 2.16. The maximum atomic E-state index is 11.7. The largest absolute Gasteiger partial charge is 0.360 e. The van der Waals surface area contributed by atoms with E-state index in [0.717, 1.165) is 19.5 Å². The van der Waals surface area contributed by atoms with Crippen LogP contribution in [0.5, 0.6) is 0 Å². The minimum Gasteiger partial charge on any atom is -0.360 e. The van der Waals surface area contributed by atoms with Crippen molar-refractivity contribution in [2.75, 3.05) is 25.0 Å². The Bertz CT molecular complexity index is 410. The van der Waals surface area contributed by atoms with Gasteiger partial charge in [0.25, 0.3) is 0 Å². The third-order valence-electron chi connectivity index (χ3n) is 3.29. The molecule has 1 aromatic heterocycles. The standard InChI is InChI=1S/C12H20N4O2.ClH/c1-9-7-11(15-18-9)14-12(17)4-6-16-5-2-3-10(16)8-13;/h7,10H,2-6,8,13H2,1H3,(H,14,15,17);1H. The van der Waals surface area contributed by atoms with Crippen LogP contribution in [0.25, 0.3) is 0 Å². The molecular formula is C12H21ClN4O2. The molecule has 2 rings (SSSR count). The number of carbonyl (C=O) groups is 1. The predicted molar refractivity (Wildman–Crippen MR) is 75.4 cm³/mol. The summed E-state index contributed by atoms with van der Waals surface area (Å²) >= 11 is 0. The van der Waals surface area contributed by atoms with E-state index >= 15 is 0 Å². The zero-order chi connectivity index (χ0) is 13.0. The summed E-state index contributed by atoms with van der Waals surface area (Å²) in [6, 6.07) is 2.14. The molecule has 3 N–H and O–H groups in total. The van der Waals surface area contributed by atoms with Crippen LogP contribution in [0.15, 0.2) is 10.6 Å². The average molecular weight is 289 g/mol. The first-order chi connectivity index (χ1) is 8.69. The maximum Gasteiger partial charge on any atom is 0.226 e. The molecule has 0 spiro atoms. The number of aryl methyl sites for hydroxylation is 1. The van der Waals surface area contributed by atoms with Crippen LogP contribution in [-0.2, 0) is 4.79 Å². The van der Waals surface area contributed by atoms with Crippen molar-refractivity contribution in [1.29, 1.82) is 0 Å². The van der Waals surface area contributed by atoms with Crippen LogP contribution >= 0.6 is 12.4 Å². The van der Waals surface area contributed by atoms with E-state index in [1.54, 1.807) is 13.0 Å². The quantitative estimate of drug-likeness (QED) is 0.849. The van der Waals surface area contributed by atoms with Gasteiger partial charge in [-0.25, -0.2) is 0 Å². The Labute approximate surface area is 119 Å². The van der Waals surface area contributed by atoms with Crippen molar-refractivity contribution in [2.45, 2.75) is 32.2 Å². The second-order valence-electron chi connectivity index (χ2n) is 4.69. The number of nitrogens with one attached hydrogen (secondary N) is 1. The van der Waals surface area contributed by atoms with Crippen LogP contribution in [0.1, 0.15) is 25.0 Å². The summed E-state index contributed by atoms with van der Waals surface area (Å²) in [6.45, 7) is 4.26. The summed E-state index contributed by atoms with van der Waals surface area (Å²) in [5.74, 6) is 1.13. The van der Waals surface area contributed by atoms with Crippen LogP contribution in [0.2, 0.25) is 0 Å². The first kappa shape index (κ1) is 15.9. The van der Waals surface area contributed by atoms with Crippen molar-refractivity contribution in [3.8, 4) is 0 Å². The summed E-state index contributed by atoms with van der Waals surface area (Å²) in [5, 5.41) is 6.44. The number of rotatable bonds is 5. The van der Waals surface area contributed by atoms with E-state index in [1.807, 2.05) is 0 Å². The molecule has 0 saturated carbocycles. The molecule has 1 aliphatic heterocycles. The lowest BCUT2D eigenvalue weighted by Gasteiger charge is -2.22. The van der Waals surface area contributed by atoms with Gasteiger partial charge in [0.2, 0.25) is 5.91 Å². The van der Waals surface area contributed by atoms with E-state index < -0.39 is 0 Å². The molecule has 2 heterocycles. The molecule has 1 atom stereocenters. The molecule has 0 bridgehead atoms. The van der Waals surface area contributed by atoms with E-state index in [2.05, 4.69) is 15.4 Å². The van der Waals surface area contributed by atoms with Crippen LogP contribution < -0.4 is 11.1 Å². The van der Waals surface area contributed by atoms with E-state index in [9.17, 15) is 4.79 Å². The number of aromatic nitrogens is 1. The topological polar surface area (TPSA) is 84.4 Å². The molecule has 1 unspecified atom stereocenters. The van der Waals surface area contributed by atoms with Crippen LogP contribution in [0.3, 0.4) is 0 Å². The predicted octanol–water partition coefficient (Wildman–Crippen LogP) is 1.16. The van der Waals surface area contributed by atoms with Gasteiger partial charge in [0, 0.05) is 31.6 Å². The number of likely N-dealkylation sites (tertiary alicyclic amines) is 1. The molecule has 6 nitrogen and oxygen atoms in total. The minimum atomic E-state index is -0.0361. The Kier molecular flexibility index (Phi) is 6.27.